The zero-order chi connectivity index (χ0) is 17.6. The molecule has 2 heterocycles. The summed E-state index contributed by atoms with van der Waals surface area (Å²) in [7, 11) is 0. The predicted molar refractivity (Wildman–Crippen MR) is 99.0 cm³/mol. The van der Waals surface area contributed by atoms with Crippen LogP contribution >= 0.6 is 11.3 Å². The molecule has 3 aromatic rings. The number of aryl methyl sites for hydroxylation is 1. The summed E-state index contributed by atoms with van der Waals surface area (Å²) in [5, 5.41) is 15.2. The summed E-state index contributed by atoms with van der Waals surface area (Å²) in [5.41, 5.74) is 2.61. The normalized spacial score (nSPS) is 11.1. The molecule has 0 saturated heterocycles. The summed E-state index contributed by atoms with van der Waals surface area (Å²) in [6.45, 7) is 3.96. The maximum Gasteiger partial charge on any atom is 0.270 e. The lowest BCUT2D eigenvalue weighted by Gasteiger charge is -2.05. The average Bonchev–Trinajstić information content (AvgIpc) is 3.25. The van der Waals surface area contributed by atoms with E-state index in [1.165, 1.54) is 22.2 Å². The number of hydrogen-bond acceptors (Lipinski definition) is 5. The van der Waals surface area contributed by atoms with Crippen LogP contribution < -0.4 is 5.32 Å². The van der Waals surface area contributed by atoms with Gasteiger partial charge in [0.15, 0.2) is 0 Å². The van der Waals surface area contributed by atoms with E-state index in [2.05, 4.69) is 40.0 Å². The van der Waals surface area contributed by atoms with E-state index in [4.69, 9.17) is 9.84 Å². The first kappa shape index (κ1) is 17.6. The minimum Gasteiger partial charge on any atom is -0.394 e. The topological polar surface area (TPSA) is 76.4 Å². The number of nitrogens with one attached hydrogen (secondary N) is 1. The summed E-state index contributed by atoms with van der Waals surface area (Å²) in [5.74, 6) is -0.214. The van der Waals surface area contributed by atoms with E-state index in [9.17, 15) is 4.79 Å². The molecule has 0 aliphatic carbocycles. The molecule has 0 aliphatic rings. The highest BCUT2D eigenvalue weighted by atomic mass is 32.1. The number of hydrogen-bond donors (Lipinski definition) is 2. The highest BCUT2D eigenvalue weighted by molar-refractivity contribution is 7.13. The molecule has 6 nitrogen and oxygen atoms in total. The van der Waals surface area contributed by atoms with Gasteiger partial charge >= 0.3 is 0 Å². The Morgan fingerprint density at radius 2 is 2.20 bits per heavy atom. The summed E-state index contributed by atoms with van der Waals surface area (Å²) >= 11 is 1.47. The number of para-hydroxylation sites is 1. The standard InChI is InChI=1S/C18H21N3O3S/c1-2-21-15-6-4-3-5-13(15)11-16(21)18-20-14(12-25-18)17(23)19-7-9-24-10-8-22/h3-6,11-12,22H,2,7-10H2,1H3,(H,19,23). The summed E-state index contributed by atoms with van der Waals surface area (Å²) in [6, 6.07) is 10.3. The van der Waals surface area contributed by atoms with Gasteiger partial charge in [-0.2, -0.15) is 0 Å². The molecule has 2 aromatic heterocycles. The average molecular weight is 359 g/mol. The first-order valence-electron chi connectivity index (χ1n) is 8.25. The third-order valence-electron chi connectivity index (χ3n) is 3.85. The van der Waals surface area contributed by atoms with Crippen LogP contribution in [0.1, 0.15) is 17.4 Å². The van der Waals surface area contributed by atoms with Crippen molar-refractivity contribution in [3.8, 4) is 10.7 Å². The van der Waals surface area contributed by atoms with Crippen molar-refractivity contribution in [3.63, 3.8) is 0 Å². The molecule has 0 bridgehead atoms. The lowest BCUT2D eigenvalue weighted by Crippen LogP contribution is -2.27. The number of aliphatic hydroxyl groups excluding tert-OH is 1. The Morgan fingerprint density at radius 3 is 3.00 bits per heavy atom. The maximum atomic E-state index is 12.2. The van der Waals surface area contributed by atoms with Gasteiger partial charge in [-0.15, -0.1) is 11.3 Å². The first-order valence-corrected chi connectivity index (χ1v) is 9.13. The number of aromatic nitrogens is 2. The fraction of sp³-hybridized carbons (Fsp3) is 0.333. The SMILES string of the molecule is CCn1c(-c2nc(C(=O)NCCOCCO)cs2)cc2ccccc21. The molecule has 0 aliphatic heterocycles. The van der Waals surface area contributed by atoms with Crippen LogP contribution in [-0.4, -0.2) is 46.9 Å². The molecular formula is C18H21N3O3S. The number of carbonyl (C=O) groups is 1. The number of benzene rings is 1. The zero-order valence-electron chi connectivity index (χ0n) is 14.1. The molecule has 0 atom stereocenters. The molecule has 0 spiro atoms. The second-order valence-electron chi connectivity index (χ2n) is 5.46. The molecule has 0 saturated carbocycles. The van der Waals surface area contributed by atoms with Gasteiger partial charge in [0.25, 0.3) is 5.91 Å². The molecule has 0 unspecified atom stereocenters. The van der Waals surface area contributed by atoms with Gasteiger partial charge in [0.2, 0.25) is 0 Å². The number of amides is 1. The van der Waals surface area contributed by atoms with Crippen LogP contribution in [-0.2, 0) is 11.3 Å². The van der Waals surface area contributed by atoms with Crippen molar-refractivity contribution in [3.05, 3.63) is 41.4 Å². The van der Waals surface area contributed by atoms with Crippen LogP contribution in [0.15, 0.2) is 35.7 Å². The molecule has 3 rings (SSSR count). The van der Waals surface area contributed by atoms with Crippen LogP contribution in [0, 0.1) is 0 Å². The number of ether oxygens (including phenoxy) is 1. The van der Waals surface area contributed by atoms with Crippen molar-refractivity contribution in [1.82, 2.24) is 14.9 Å². The van der Waals surface area contributed by atoms with Gasteiger partial charge in [0.05, 0.1) is 25.5 Å². The van der Waals surface area contributed by atoms with Crippen LogP contribution in [0.3, 0.4) is 0 Å². The maximum absolute atomic E-state index is 12.2. The molecule has 0 fully saturated rings. The quantitative estimate of drug-likeness (QED) is 0.606. The Bertz CT molecular complexity index is 856. The molecule has 1 amide bonds. The second kappa shape index (κ2) is 8.24. The van der Waals surface area contributed by atoms with E-state index in [1.807, 2.05) is 12.1 Å². The van der Waals surface area contributed by atoms with Crippen molar-refractivity contribution in [1.29, 1.82) is 0 Å². The van der Waals surface area contributed by atoms with E-state index >= 15 is 0 Å². The van der Waals surface area contributed by atoms with E-state index in [-0.39, 0.29) is 19.1 Å². The first-order chi connectivity index (χ1) is 12.2. The van der Waals surface area contributed by atoms with Crippen LogP contribution in [0.4, 0.5) is 0 Å². The van der Waals surface area contributed by atoms with Crippen molar-refractivity contribution in [2.45, 2.75) is 13.5 Å². The lowest BCUT2D eigenvalue weighted by atomic mass is 10.2. The molecule has 0 radical (unpaired) electrons. The zero-order valence-corrected chi connectivity index (χ0v) is 14.9. The van der Waals surface area contributed by atoms with Gasteiger partial charge in [-0.1, -0.05) is 18.2 Å². The van der Waals surface area contributed by atoms with E-state index in [1.54, 1.807) is 5.38 Å². The Morgan fingerprint density at radius 1 is 1.36 bits per heavy atom. The number of rotatable bonds is 8. The van der Waals surface area contributed by atoms with Crippen LogP contribution in [0.25, 0.3) is 21.6 Å². The van der Waals surface area contributed by atoms with Gasteiger partial charge in [-0.05, 0) is 19.1 Å². The Labute approximate surface area is 150 Å². The fourth-order valence-electron chi connectivity index (χ4n) is 2.72. The van der Waals surface area contributed by atoms with Crippen molar-refractivity contribution < 1.29 is 14.6 Å². The van der Waals surface area contributed by atoms with Gasteiger partial charge < -0.3 is 19.7 Å². The van der Waals surface area contributed by atoms with Crippen LogP contribution in [0.2, 0.25) is 0 Å². The number of carbonyl (C=O) groups excluding carboxylic acids is 1. The van der Waals surface area contributed by atoms with Gasteiger partial charge in [0, 0.05) is 29.4 Å². The summed E-state index contributed by atoms with van der Waals surface area (Å²) in [6.07, 6.45) is 0. The summed E-state index contributed by atoms with van der Waals surface area (Å²) < 4.78 is 7.33. The molecule has 132 valence electrons. The monoisotopic (exact) mass is 359 g/mol. The number of nitrogens with zero attached hydrogens (tertiary/aromatic N) is 2. The molecule has 7 heteroatoms. The van der Waals surface area contributed by atoms with E-state index < -0.39 is 0 Å². The lowest BCUT2D eigenvalue weighted by molar-refractivity contribution is 0.0835. The highest BCUT2D eigenvalue weighted by Gasteiger charge is 2.15. The second-order valence-corrected chi connectivity index (χ2v) is 6.32. The molecule has 1 aromatic carbocycles. The molecule has 25 heavy (non-hydrogen) atoms. The van der Waals surface area contributed by atoms with Crippen LogP contribution in [0.5, 0.6) is 0 Å². The molecular weight excluding hydrogens is 338 g/mol. The minimum atomic E-state index is -0.214. The third-order valence-corrected chi connectivity index (χ3v) is 4.72. The number of thiazole rings is 1. The van der Waals surface area contributed by atoms with E-state index in [0.717, 1.165) is 17.2 Å². The molecule has 2 N–H and O–H groups in total. The highest BCUT2D eigenvalue weighted by Crippen LogP contribution is 2.30. The largest absolute Gasteiger partial charge is 0.394 e. The fourth-order valence-corrected chi connectivity index (χ4v) is 3.54. The van der Waals surface area contributed by atoms with Gasteiger partial charge in [0.1, 0.15) is 10.7 Å². The predicted octanol–water partition coefficient (Wildman–Crippen LogP) is 2.52. The van der Waals surface area contributed by atoms with Gasteiger partial charge in [-0.3, -0.25) is 4.79 Å². The van der Waals surface area contributed by atoms with Crippen molar-refractivity contribution >= 4 is 28.1 Å². The Hall–Kier alpha value is -2.22. The third kappa shape index (κ3) is 3.89. The number of aliphatic hydroxyl groups is 1. The van der Waals surface area contributed by atoms with Gasteiger partial charge in [-0.25, -0.2) is 4.98 Å². The van der Waals surface area contributed by atoms with Crippen molar-refractivity contribution in [2.75, 3.05) is 26.4 Å². The summed E-state index contributed by atoms with van der Waals surface area (Å²) in [4.78, 5) is 16.7. The Balaban J connectivity index is 1.74. The minimum absolute atomic E-state index is 0.0190. The number of fused-ring (bicyclic) bond motifs is 1. The Kier molecular flexibility index (Phi) is 5.80. The van der Waals surface area contributed by atoms with Crippen molar-refractivity contribution in [2.24, 2.45) is 0 Å². The smallest absolute Gasteiger partial charge is 0.270 e. The van der Waals surface area contributed by atoms with E-state index in [0.29, 0.717) is 18.8 Å².